The molecule has 0 spiro atoms. The summed E-state index contributed by atoms with van der Waals surface area (Å²) in [7, 11) is 3.15. The number of nitrogens with zero attached hydrogens (tertiary/aromatic N) is 2. The molecule has 0 aliphatic heterocycles. The van der Waals surface area contributed by atoms with E-state index in [1.807, 2.05) is 49.4 Å². The zero-order valence-corrected chi connectivity index (χ0v) is 15.0. The van der Waals surface area contributed by atoms with Crippen LogP contribution in [0.3, 0.4) is 0 Å². The van der Waals surface area contributed by atoms with Crippen LogP contribution in [0.5, 0.6) is 11.5 Å². The van der Waals surface area contributed by atoms with Crippen molar-refractivity contribution < 1.29 is 14.3 Å². The Morgan fingerprint density at radius 1 is 1.04 bits per heavy atom. The van der Waals surface area contributed by atoms with Crippen molar-refractivity contribution in [3.8, 4) is 17.2 Å². The molecule has 3 rings (SSSR count). The number of rotatable bonds is 6. The van der Waals surface area contributed by atoms with Crippen LogP contribution >= 0.6 is 0 Å². The SMILES string of the molecule is COc1ccc(CC(=O)Nc2cc(C)nn2-c2ccccc2)cc1OC. The molecule has 1 amide bonds. The van der Waals surface area contributed by atoms with E-state index in [2.05, 4.69) is 10.4 Å². The van der Waals surface area contributed by atoms with E-state index in [9.17, 15) is 4.79 Å². The van der Waals surface area contributed by atoms with Crippen LogP contribution in [0.25, 0.3) is 5.69 Å². The standard InChI is InChI=1S/C20H21N3O3/c1-14-11-19(23(22-14)16-7-5-4-6-8-16)21-20(24)13-15-9-10-17(25-2)18(12-15)26-3/h4-12H,13H2,1-3H3,(H,21,24). The molecule has 0 fully saturated rings. The Morgan fingerprint density at radius 2 is 1.77 bits per heavy atom. The van der Waals surface area contributed by atoms with Gasteiger partial charge in [0.2, 0.25) is 5.91 Å². The van der Waals surface area contributed by atoms with Gasteiger partial charge in [0.05, 0.1) is 32.0 Å². The molecular weight excluding hydrogens is 330 g/mol. The van der Waals surface area contributed by atoms with E-state index in [1.54, 1.807) is 31.0 Å². The number of carbonyl (C=O) groups is 1. The van der Waals surface area contributed by atoms with Crippen LogP contribution in [0, 0.1) is 6.92 Å². The monoisotopic (exact) mass is 351 g/mol. The summed E-state index contributed by atoms with van der Waals surface area (Å²) in [5.41, 5.74) is 2.56. The average Bonchev–Trinajstić information content (AvgIpc) is 3.02. The predicted molar refractivity (Wildman–Crippen MR) is 100 cm³/mol. The highest BCUT2D eigenvalue weighted by Crippen LogP contribution is 2.28. The number of ether oxygens (including phenoxy) is 2. The average molecular weight is 351 g/mol. The molecule has 1 heterocycles. The zero-order chi connectivity index (χ0) is 18.5. The maximum absolute atomic E-state index is 12.5. The fourth-order valence-electron chi connectivity index (χ4n) is 2.72. The van der Waals surface area contributed by atoms with Crippen molar-refractivity contribution >= 4 is 11.7 Å². The normalized spacial score (nSPS) is 10.4. The summed E-state index contributed by atoms with van der Waals surface area (Å²) in [5.74, 6) is 1.74. The molecular formula is C20H21N3O3. The molecule has 0 unspecified atom stereocenters. The van der Waals surface area contributed by atoms with Gasteiger partial charge in [-0.1, -0.05) is 24.3 Å². The fraction of sp³-hybridized carbons (Fsp3) is 0.200. The lowest BCUT2D eigenvalue weighted by atomic mass is 10.1. The van der Waals surface area contributed by atoms with Crippen molar-refractivity contribution in [2.75, 3.05) is 19.5 Å². The number of aromatic nitrogens is 2. The number of methoxy groups -OCH3 is 2. The number of hydrogen-bond donors (Lipinski definition) is 1. The third kappa shape index (κ3) is 3.85. The second-order valence-corrected chi connectivity index (χ2v) is 5.83. The zero-order valence-electron chi connectivity index (χ0n) is 15.0. The van der Waals surface area contributed by atoms with Crippen molar-refractivity contribution in [1.82, 2.24) is 9.78 Å². The van der Waals surface area contributed by atoms with Crippen LogP contribution in [0.15, 0.2) is 54.6 Å². The summed E-state index contributed by atoms with van der Waals surface area (Å²) in [6.45, 7) is 1.89. The molecule has 0 radical (unpaired) electrons. The molecule has 0 aliphatic carbocycles. The third-order valence-electron chi connectivity index (χ3n) is 3.91. The van der Waals surface area contributed by atoms with Gasteiger partial charge in [-0.2, -0.15) is 5.10 Å². The summed E-state index contributed by atoms with van der Waals surface area (Å²) in [5, 5.41) is 7.39. The quantitative estimate of drug-likeness (QED) is 0.739. The van der Waals surface area contributed by atoms with Crippen molar-refractivity contribution in [1.29, 1.82) is 0 Å². The van der Waals surface area contributed by atoms with Crippen LogP contribution in [-0.2, 0) is 11.2 Å². The maximum atomic E-state index is 12.5. The molecule has 0 saturated heterocycles. The summed E-state index contributed by atoms with van der Waals surface area (Å²) in [4.78, 5) is 12.5. The van der Waals surface area contributed by atoms with Gasteiger partial charge in [0, 0.05) is 6.07 Å². The van der Waals surface area contributed by atoms with E-state index >= 15 is 0 Å². The lowest BCUT2D eigenvalue weighted by Crippen LogP contribution is -2.17. The first-order chi connectivity index (χ1) is 12.6. The Bertz CT molecular complexity index is 904. The number of para-hydroxylation sites is 1. The number of benzene rings is 2. The number of anilines is 1. The Hall–Kier alpha value is -3.28. The first-order valence-corrected chi connectivity index (χ1v) is 8.23. The minimum atomic E-state index is -0.130. The maximum Gasteiger partial charge on any atom is 0.229 e. The molecule has 1 aromatic heterocycles. The summed E-state index contributed by atoms with van der Waals surface area (Å²) in [6.07, 6.45) is 0.222. The molecule has 0 bridgehead atoms. The largest absolute Gasteiger partial charge is 0.493 e. The van der Waals surface area contributed by atoms with Gasteiger partial charge in [-0.25, -0.2) is 4.68 Å². The second-order valence-electron chi connectivity index (χ2n) is 5.83. The molecule has 6 nitrogen and oxygen atoms in total. The van der Waals surface area contributed by atoms with Gasteiger partial charge in [0.1, 0.15) is 5.82 Å². The lowest BCUT2D eigenvalue weighted by molar-refractivity contribution is -0.115. The van der Waals surface area contributed by atoms with Crippen LogP contribution in [0.1, 0.15) is 11.3 Å². The smallest absolute Gasteiger partial charge is 0.229 e. The molecule has 2 aromatic carbocycles. The summed E-state index contributed by atoms with van der Waals surface area (Å²) >= 11 is 0. The number of aryl methyl sites for hydroxylation is 1. The molecule has 3 aromatic rings. The van der Waals surface area contributed by atoms with Gasteiger partial charge in [-0.05, 0) is 36.8 Å². The Labute approximate surface area is 152 Å². The number of nitrogens with one attached hydrogen (secondary N) is 1. The van der Waals surface area contributed by atoms with Crippen LogP contribution < -0.4 is 14.8 Å². The topological polar surface area (TPSA) is 65.4 Å². The molecule has 0 atom stereocenters. The highest BCUT2D eigenvalue weighted by molar-refractivity contribution is 5.92. The Balaban J connectivity index is 1.77. The van der Waals surface area contributed by atoms with E-state index in [1.165, 1.54) is 0 Å². The number of amides is 1. The van der Waals surface area contributed by atoms with Gasteiger partial charge in [0.25, 0.3) is 0 Å². The van der Waals surface area contributed by atoms with Crippen molar-refractivity contribution in [3.05, 3.63) is 65.9 Å². The molecule has 26 heavy (non-hydrogen) atoms. The van der Waals surface area contributed by atoms with Crippen LogP contribution in [0.4, 0.5) is 5.82 Å². The second kappa shape index (κ2) is 7.74. The van der Waals surface area contributed by atoms with E-state index < -0.39 is 0 Å². The molecule has 134 valence electrons. The van der Waals surface area contributed by atoms with Gasteiger partial charge in [0.15, 0.2) is 11.5 Å². The van der Waals surface area contributed by atoms with Crippen molar-refractivity contribution in [2.24, 2.45) is 0 Å². The molecule has 1 N–H and O–H groups in total. The summed E-state index contributed by atoms with van der Waals surface area (Å²) < 4.78 is 12.2. The van der Waals surface area contributed by atoms with Crippen LogP contribution in [0.2, 0.25) is 0 Å². The minimum Gasteiger partial charge on any atom is -0.493 e. The van der Waals surface area contributed by atoms with E-state index in [4.69, 9.17) is 9.47 Å². The minimum absolute atomic E-state index is 0.130. The Morgan fingerprint density at radius 3 is 2.46 bits per heavy atom. The first kappa shape index (κ1) is 17.5. The fourth-order valence-corrected chi connectivity index (χ4v) is 2.72. The van der Waals surface area contributed by atoms with Gasteiger partial charge in [-0.3, -0.25) is 4.79 Å². The van der Waals surface area contributed by atoms with E-state index in [0.29, 0.717) is 17.3 Å². The third-order valence-corrected chi connectivity index (χ3v) is 3.91. The van der Waals surface area contributed by atoms with Gasteiger partial charge < -0.3 is 14.8 Å². The van der Waals surface area contributed by atoms with Crippen molar-refractivity contribution in [3.63, 3.8) is 0 Å². The van der Waals surface area contributed by atoms with E-state index in [0.717, 1.165) is 16.9 Å². The van der Waals surface area contributed by atoms with Crippen LogP contribution in [-0.4, -0.2) is 29.9 Å². The number of carbonyl (C=O) groups excluding carboxylic acids is 1. The summed E-state index contributed by atoms with van der Waals surface area (Å²) in [6, 6.07) is 17.0. The predicted octanol–water partition coefficient (Wildman–Crippen LogP) is 3.38. The molecule has 0 aliphatic rings. The van der Waals surface area contributed by atoms with Crippen molar-refractivity contribution in [2.45, 2.75) is 13.3 Å². The van der Waals surface area contributed by atoms with Gasteiger partial charge >= 0.3 is 0 Å². The molecule has 0 saturated carbocycles. The van der Waals surface area contributed by atoms with Gasteiger partial charge in [-0.15, -0.1) is 0 Å². The Kier molecular flexibility index (Phi) is 5.22. The lowest BCUT2D eigenvalue weighted by Gasteiger charge is -2.11. The molecule has 6 heteroatoms. The highest BCUT2D eigenvalue weighted by atomic mass is 16.5. The number of hydrogen-bond acceptors (Lipinski definition) is 4. The highest BCUT2D eigenvalue weighted by Gasteiger charge is 2.13. The first-order valence-electron chi connectivity index (χ1n) is 8.23. The van der Waals surface area contributed by atoms with E-state index in [-0.39, 0.29) is 12.3 Å².